The van der Waals surface area contributed by atoms with Crippen LogP contribution in [0.25, 0.3) is 0 Å². The van der Waals surface area contributed by atoms with Gasteiger partial charge in [0.25, 0.3) is 11.4 Å². The summed E-state index contributed by atoms with van der Waals surface area (Å²) in [5, 5.41) is 21.8. The molecule has 0 spiro atoms. The van der Waals surface area contributed by atoms with Gasteiger partial charge in [-0.3, -0.25) is 20.2 Å². The number of nitro benzene ring substituents is 2. The molecular formula is C22H15BrN2O8. The second-order valence-corrected chi connectivity index (χ2v) is 7.74. The number of halogens is 1. The van der Waals surface area contributed by atoms with Crippen LogP contribution in [0.2, 0.25) is 0 Å². The van der Waals surface area contributed by atoms with E-state index in [1.54, 1.807) is 0 Å². The fourth-order valence-electron chi connectivity index (χ4n) is 2.93. The van der Waals surface area contributed by atoms with Gasteiger partial charge in [-0.1, -0.05) is 0 Å². The van der Waals surface area contributed by atoms with Gasteiger partial charge in [0.15, 0.2) is 0 Å². The molecule has 168 valence electrons. The predicted molar refractivity (Wildman–Crippen MR) is 120 cm³/mol. The molecule has 0 aliphatic carbocycles. The van der Waals surface area contributed by atoms with Gasteiger partial charge in [-0.15, -0.1) is 0 Å². The van der Waals surface area contributed by atoms with Crippen molar-refractivity contribution < 1.29 is 28.9 Å². The quantitative estimate of drug-likeness (QED) is 0.186. The molecule has 0 N–H and O–H groups in total. The number of hydrogen-bond acceptors (Lipinski definition) is 8. The van der Waals surface area contributed by atoms with E-state index < -0.39 is 21.8 Å². The fourth-order valence-corrected chi connectivity index (χ4v) is 3.37. The van der Waals surface area contributed by atoms with Gasteiger partial charge >= 0.3 is 11.9 Å². The highest BCUT2D eigenvalue weighted by Gasteiger charge is 2.18. The maximum Gasteiger partial charge on any atom is 0.343 e. The maximum absolute atomic E-state index is 12.4. The van der Waals surface area contributed by atoms with Crippen molar-refractivity contribution in [3.05, 3.63) is 102 Å². The minimum atomic E-state index is -0.722. The minimum Gasteiger partial charge on any atom is -0.423 e. The third-order valence-electron chi connectivity index (χ3n) is 4.57. The first-order valence-corrected chi connectivity index (χ1v) is 10.1. The molecule has 0 aliphatic heterocycles. The summed E-state index contributed by atoms with van der Waals surface area (Å²) in [6.45, 7) is 3.03. The lowest BCUT2D eigenvalue weighted by Gasteiger charge is -2.10. The molecule has 0 bridgehead atoms. The third-order valence-corrected chi connectivity index (χ3v) is 5.19. The number of ether oxygens (including phenoxy) is 2. The molecular weight excluding hydrogens is 500 g/mol. The second-order valence-electron chi connectivity index (χ2n) is 6.89. The lowest BCUT2D eigenvalue weighted by Crippen LogP contribution is -2.11. The van der Waals surface area contributed by atoms with Gasteiger partial charge in [0, 0.05) is 23.3 Å². The number of carbonyl (C=O) groups is 2. The molecule has 0 saturated heterocycles. The van der Waals surface area contributed by atoms with E-state index in [4.69, 9.17) is 9.47 Å². The van der Waals surface area contributed by atoms with Crippen molar-refractivity contribution in [2.24, 2.45) is 0 Å². The average molecular weight is 515 g/mol. The normalized spacial score (nSPS) is 10.4. The van der Waals surface area contributed by atoms with Crippen molar-refractivity contribution in [1.82, 2.24) is 0 Å². The van der Waals surface area contributed by atoms with Gasteiger partial charge in [-0.05, 0) is 72.2 Å². The predicted octanol–water partition coefficient (Wildman–Crippen LogP) is 5.32. The Kier molecular flexibility index (Phi) is 6.83. The van der Waals surface area contributed by atoms with Crippen LogP contribution in [-0.4, -0.2) is 21.8 Å². The molecule has 3 rings (SSSR count). The molecule has 0 atom stereocenters. The van der Waals surface area contributed by atoms with Crippen molar-refractivity contribution in [3.8, 4) is 11.5 Å². The Hall–Kier alpha value is -4.12. The van der Waals surface area contributed by atoms with E-state index in [-0.39, 0.29) is 34.0 Å². The number of aryl methyl sites for hydroxylation is 2. The molecule has 0 heterocycles. The third kappa shape index (κ3) is 5.39. The van der Waals surface area contributed by atoms with Gasteiger partial charge in [0.2, 0.25) is 0 Å². The number of hydrogen-bond donors (Lipinski definition) is 0. The molecule has 0 aliphatic rings. The molecule has 0 aromatic heterocycles. The highest BCUT2D eigenvalue weighted by Crippen LogP contribution is 2.31. The first kappa shape index (κ1) is 23.5. The van der Waals surface area contributed by atoms with Crippen LogP contribution in [0.4, 0.5) is 11.4 Å². The van der Waals surface area contributed by atoms with Crippen molar-refractivity contribution in [3.63, 3.8) is 0 Å². The summed E-state index contributed by atoms with van der Waals surface area (Å²) in [5.41, 5.74) is 0.690. The zero-order valence-electron chi connectivity index (χ0n) is 17.2. The number of esters is 2. The Morgan fingerprint density at radius 3 is 1.67 bits per heavy atom. The first-order valence-electron chi connectivity index (χ1n) is 9.31. The molecule has 0 fully saturated rings. The van der Waals surface area contributed by atoms with Crippen LogP contribution in [0.3, 0.4) is 0 Å². The number of carbonyl (C=O) groups excluding carboxylic acids is 2. The van der Waals surface area contributed by atoms with Crippen LogP contribution >= 0.6 is 15.9 Å². The summed E-state index contributed by atoms with van der Waals surface area (Å²) in [5.74, 6) is -1.15. The SMILES string of the molecule is Cc1cc(C(=O)Oc2ccc(OC(=O)c3ccc([N+](=O)[O-])c(C)c3)c(Br)c2)ccc1[N+](=O)[O-]. The van der Waals surface area contributed by atoms with Crippen LogP contribution in [0.1, 0.15) is 31.8 Å². The molecule has 10 nitrogen and oxygen atoms in total. The van der Waals surface area contributed by atoms with Crippen LogP contribution in [-0.2, 0) is 0 Å². The molecule has 0 saturated carbocycles. The number of benzene rings is 3. The van der Waals surface area contributed by atoms with Gasteiger partial charge in [0.1, 0.15) is 11.5 Å². The van der Waals surface area contributed by atoms with E-state index in [2.05, 4.69) is 15.9 Å². The Balaban J connectivity index is 1.72. The summed E-state index contributed by atoms with van der Waals surface area (Å²) in [4.78, 5) is 45.5. The largest absolute Gasteiger partial charge is 0.423 e. The van der Waals surface area contributed by atoms with Crippen molar-refractivity contribution in [1.29, 1.82) is 0 Å². The lowest BCUT2D eigenvalue weighted by atomic mass is 10.1. The van der Waals surface area contributed by atoms with Crippen LogP contribution in [0.5, 0.6) is 11.5 Å². The van der Waals surface area contributed by atoms with Crippen LogP contribution < -0.4 is 9.47 Å². The van der Waals surface area contributed by atoms with Gasteiger partial charge in [-0.25, -0.2) is 9.59 Å². The first-order chi connectivity index (χ1) is 15.6. The van der Waals surface area contributed by atoms with E-state index in [0.717, 1.165) is 0 Å². The second kappa shape index (κ2) is 9.57. The number of nitro groups is 2. The highest BCUT2D eigenvalue weighted by atomic mass is 79.9. The summed E-state index contributed by atoms with van der Waals surface area (Å²) in [6.07, 6.45) is 0. The molecule has 0 unspecified atom stereocenters. The lowest BCUT2D eigenvalue weighted by molar-refractivity contribution is -0.385. The molecule has 0 amide bonds. The molecule has 33 heavy (non-hydrogen) atoms. The van der Waals surface area contributed by atoms with E-state index in [1.165, 1.54) is 68.4 Å². The standard InChI is InChI=1S/C22H15BrN2O8/c1-12-9-14(3-6-18(12)24(28)29)21(26)32-16-5-8-20(17(23)11-16)33-22(27)15-4-7-19(25(30)31)13(2)10-15/h3-11H,1-2H3. The van der Waals surface area contributed by atoms with Crippen molar-refractivity contribution in [2.75, 3.05) is 0 Å². The molecule has 0 radical (unpaired) electrons. The topological polar surface area (TPSA) is 139 Å². The zero-order valence-corrected chi connectivity index (χ0v) is 18.8. The van der Waals surface area contributed by atoms with E-state index in [0.29, 0.717) is 15.6 Å². The van der Waals surface area contributed by atoms with Crippen LogP contribution in [0, 0.1) is 34.1 Å². The van der Waals surface area contributed by atoms with Crippen molar-refractivity contribution in [2.45, 2.75) is 13.8 Å². The molecule has 3 aromatic carbocycles. The van der Waals surface area contributed by atoms with Crippen molar-refractivity contribution >= 4 is 39.2 Å². The minimum absolute atomic E-state index is 0.108. The smallest absolute Gasteiger partial charge is 0.343 e. The Bertz CT molecular complexity index is 1310. The molecule has 11 heteroatoms. The summed E-state index contributed by atoms with van der Waals surface area (Å²) in [6, 6.07) is 12.0. The van der Waals surface area contributed by atoms with Gasteiger partial charge < -0.3 is 9.47 Å². The maximum atomic E-state index is 12.4. The Morgan fingerprint density at radius 1 is 0.758 bits per heavy atom. The summed E-state index contributed by atoms with van der Waals surface area (Å²) < 4.78 is 10.9. The average Bonchev–Trinajstić information content (AvgIpc) is 2.74. The van der Waals surface area contributed by atoms with E-state index >= 15 is 0 Å². The summed E-state index contributed by atoms with van der Waals surface area (Å²) >= 11 is 3.24. The fraction of sp³-hybridized carbons (Fsp3) is 0.0909. The van der Waals surface area contributed by atoms with Crippen LogP contribution in [0.15, 0.2) is 59.1 Å². The van der Waals surface area contributed by atoms with Gasteiger partial charge in [0.05, 0.1) is 25.4 Å². The Morgan fingerprint density at radius 2 is 1.24 bits per heavy atom. The number of nitrogens with zero attached hydrogens (tertiary/aromatic N) is 2. The monoisotopic (exact) mass is 514 g/mol. The summed E-state index contributed by atoms with van der Waals surface area (Å²) in [7, 11) is 0. The van der Waals surface area contributed by atoms with E-state index in [9.17, 15) is 29.8 Å². The highest BCUT2D eigenvalue weighted by molar-refractivity contribution is 9.10. The van der Waals surface area contributed by atoms with E-state index in [1.807, 2.05) is 0 Å². The molecule has 3 aromatic rings. The Labute approximate surface area is 195 Å². The number of rotatable bonds is 6. The van der Waals surface area contributed by atoms with Gasteiger partial charge in [-0.2, -0.15) is 0 Å². The zero-order chi connectivity index (χ0) is 24.3.